The van der Waals surface area contributed by atoms with Crippen LogP contribution in [0.15, 0.2) is 0 Å². The highest BCUT2D eigenvalue weighted by molar-refractivity contribution is 5.73. The van der Waals surface area contributed by atoms with Gasteiger partial charge in [-0.1, -0.05) is 0 Å². The van der Waals surface area contributed by atoms with Crippen LogP contribution in [-0.2, 0) is 9.53 Å². The first kappa shape index (κ1) is 7.39. The lowest BCUT2D eigenvalue weighted by molar-refractivity contribution is -0.413. The quantitative estimate of drug-likeness (QED) is 0.405. The van der Waals surface area contributed by atoms with Crippen LogP contribution in [0.4, 0.5) is 0 Å². The number of ether oxygens (including phenoxy) is 1. The molecule has 0 bridgehead atoms. The normalized spacial score (nSPS) is 12.9. The number of rotatable bonds is 2. The monoisotopic (exact) mass is 120 g/mol. The molecule has 0 aliphatic carbocycles. The molecule has 8 heavy (non-hydrogen) atoms. The van der Waals surface area contributed by atoms with Crippen molar-refractivity contribution < 1.29 is 20.4 Å². The highest BCUT2D eigenvalue weighted by Gasteiger charge is 2.14. The van der Waals surface area contributed by atoms with Crippen LogP contribution in [-0.4, -0.2) is 30.8 Å². The molecule has 4 heteroatoms. The summed E-state index contributed by atoms with van der Waals surface area (Å²) in [5.74, 6) is -0.479. The third-order valence-electron chi connectivity index (χ3n) is 0.755. The first-order chi connectivity index (χ1) is 3.72. The molecule has 0 saturated carbocycles. The fourth-order valence-electron chi connectivity index (χ4n) is 0.241. The minimum absolute atomic E-state index is 0.257. The van der Waals surface area contributed by atoms with Gasteiger partial charge in [-0.3, -0.25) is 0 Å². The molecule has 4 N–H and O–H groups in total. The van der Waals surface area contributed by atoms with Crippen molar-refractivity contribution in [3.05, 3.63) is 0 Å². The molecule has 0 fully saturated rings. The lowest BCUT2D eigenvalue weighted by Crippen LogP contribution is -2.67. The van der Waals surface area contributed by atoms with E-state index in [1.54, 1.807) is 0 Å². The summed E-state index contributed by atoms with van der Waals surface area (Å²) in [5.41, 5.74) is 3.30. The van der Waals surface area contributed by atoms with Gasteiger partial charge in [0.1, 0.15) is 6.61 Å². The van der Waals surface area contributed by atoms with Gasteiger partial charge in [-0.05, 0) is 0 Å². The summed E-state index contributed by atoms with van der Waals surface area (Å²) in [7, 11) is 1.26. The number of esters is 1. The molecule has 0 spiro atoms. The van der Waals surface area contributed by atoms with Crippen molar-refractivity contribution in [3.63, 3.8) is 0 Å². The van der Waals surface area contributed by atoms with Crippen LogP contribution in [0.25, 0.3) is 0 Å². The van der Waals surface area contributed by atoms with E-state index in [0.717, 1.165) is 0 Å². The topological polar surface area (TPSA) is 74.2 Å². The summed E-state index contributed by atoms with van der Waals surface area (Å²) in [5, 5.41) is 8.27. The molecule has 48 valence electrons. The van der Waals surface area contributed by atoms with Crippen molar-refractivity contribution in [2.24, 2.45) is 0 Å². The minimum Gasteiger partial charge on any atom is -0.465 e. The van der Waals surface area contributed by atoms with E-state index in [1.807, 2.05) is 0 Å². The molecule has 0 aromatic rings. The largest absolute Gasteiger partial charge is 0.465 e. The maximum Gasteiger partial charge on any atom is 0.366 e. The van der Waals surface area contributed by atoms with Gasteiger partial charge in [0.25, 0.3) is 0 Å². The molecule has 0 unspecified atom stereocenters. The van der Waals surface area contributed by atoms with Gasteiger partial charge in [0.2, 0.25) is 6.04 Å². The van der Waals surface area contributed by atoms with Crippen LogP contribution in [0.1, 0.15) is 0 Å². The van der Waals surface area contributed by atoms with Gasteiger partial charge in [0.05, 0.1) is 7.11 Å². The van der Waals surface area contributed by atoms with Gasteiger partial charge >= 0.3 is 5.97 Å². The zero-order chi connectivity index (χ0) is 6.57. The van der Waals surface area contributed by atoms with E-state index in [0.29, 0.717) is 0 Å². The van der Waals surface area contributed by atoms with Crippen LogP contribution >= 0.6 is 0 Å². The lowest BCUT2D eigenvalue weighted by atomic mass is 10.3. The molecule has 0 saturated heterocycles. The summed E-state index contributed by atoms with van der Waals surface area (Å²) in [6.07, 6.45) is 0. The number of methoxy groups -OCH3 is 1. The van der Waals surface area contributed by atoms with Crippen LogP contribution < -0.4 is 5.73 Å². The second-order valence-electron chi connectivity index (χ2n) is 1.40. The van der Waals surface area contributed by atoms with Crippen LogP contribution in [0, 0.1) is 0 Å². The molecule has 0 aromatic carbocycles. The van der Waals surface area contributed by atoms with E-state index in [-0.39, 0.29) is 6.61 Å². The summed E-state index contributed by atoms with van der Waals surface area (Å²) in [6, 6.07) is -0.639. The van der Waals surface area contributed by atoms with Gasteiger partial charge in [-0.2, -0.15) is 0 Å². The zero-order valence-electron chi connectivity index (χ0n) is 4.76. The number of aliphatic hydroxyl groups is 1. The highest BCUT2D eigenvalue weighted by atomic mass is 16.5. The van der Waals surface area contributed by atoms with E-state index in [1.165, 1.54) is 7.11 Å². The van der Waals surface area contributed by atoms with E-state index >= 15 is 0 Å². The summed E-state index contributed by atoms with van der Waals surface area (Å²) in [4.78, 5) is 10.3. The highest BCUT2D eigenvalue weighted by Crippen LogP contribution is 1.75. The number of hydrogen-bond donors (Lipinski definition) is 2. The Balaban J connectivity index is 3.46. The molecule has 0 heterocycles. The molecule has 0 aliphatic heterocycles. The van der Waals surface area contributed by atoms with Gasteiger partial charge in [0.15, 0.2) is 0 Å². The molecule has 0 radical (unpaired) electrons. The number of aliphatic hydroxyl groups excluding tert-OH is 1. The Bertz CT molecular complexity index is 83.4. The number of carbonyl (C=O) groups excluding carboxylic acids is 1. The summed E-state index contributed by atoms with van der Waals surface area (Å²) >= 11 is 0. The van der Waals surface area contributed by atoms with Gasteiger partial charge < -0.3 is 15.6 Å². The number of hydrogen-bond acceptors (Lipinski definition) is 3. The van der Waals surface area contributed by atoms with Gasteiger partial charge in [0, 0.05) is 0 Å². The van der Waals surface area contributed by atoms with E-state index < -0.39 is 12.0 Å². The fourth-order valence-corrected chi connectivity index (χ4v) is 0.241. The summed E-state index contributed by atoms with van der Waals surface area (Å²) in [6.45, 7) is -0.257. The Morgan fingerprint density at radius 3 is 2.62 bits per heavy atom. The van der Waals surface area contributed by atoms with Crippen LogP contribution in [0.3, 0.4) is 0 Å². The molecule has 0 amide bonds. The van der Waals surface area contributed by atoms with E-state index in [4.69, 9.17) is 5.11 Å². The van der Waals surface area contributed by atoms with Gasteiger partial charge in [-0.15, -0.1) is 0 Å². The second kappa shape index (κ2) is 3.40. The Hall–Kier alpha value is -0.610. The first-order valence-corrected chi connectivity index (χ1v) is 2.24. The predicted octanol–water partition coefficient (Wildman–Crippen LogP) is -2.24. The molecule has 0 aliphatic rings. The van der Waals surface area contributed by atoms with Crippen LogP contribution in [0.5, 0.6) is 0 Å². The lowest BCUT2D eigenvalue weighted by Gasteiger charge is -1.99. The van der Waals surface area contributed by atoms with Crippen molar-refractivity contribution in [2.75, 3.05) is 13.7 Å². The van der Waals surface area contributed by atoms with Gasteiger partial charge in [-0.25, -0.2) is 4.79 Å². The van der Waals surface area contributed by atoms with Crippen molar-refractivity contribution in [1.82, 2.24) is 0 Å². The molecular formula is C4H10NO3+. The van der Waals surface area contributed by atoms with E-state index in [9.17, 15) is 4.79 Å². The van der Waals surface area contributed by atoms with Crippen molar-refractivity contribution in [1.29, 1.82) is 0 Å². The Morgan fingerprint density at radius 2 is 2.50 bits per heavy atom. The van der Waals surface area contributed by atoms with Crippen LogP contribution in [0.2, 0.25) is 0 Å². The molecule has 1 atom stereocenters. The third-order valence-corrected chi connectivity index (χ3v) is 0.755. The fraction of sp³-hybridized carbons (Fsp3) is 0.750. The van der Waals surface area contributed by atoms with E-state index in [2.05, 4.69) is 10.5 Å². The molecule has 0 aromatic heterocycles. The van der Waals surface area contributed by atoms with Crippen molar-refractivity contribution in [3.8, 4) is 0 Å². The maximum atomic E-state index is 10.3. The summed E-state index contributed by atoms with van der Waals surface area (Å²) < 4.78 is 4.24. The Morgan fingerprint density at radius 1 is 2.00 bits per heavy atom. The molecular weight excluding hydrogens is 110 g/mol. The predicted molar refractivity (Wildman–Crippen MR) is 25.8 cm³/mol. The average Bonchev–Trinajstić information content (AvgIpc) is 1.84. The van der Waals surface area contributed by atoms with Crippen molar-refractivity contribution in [2.45, 2.75) is 6.04 Å². The first-order valence-electron chi connectivity index (χ1n) is 2.24. The smallest absolute Gasteiger partial charge is 0.366 e. The number of carbonyl (C=O) groups is 1. The standard InChI is InChI=1S/C4H9NO3/c1-8-4(7)3(5)2-6/h3,6H,2,5H2,1H3/p+1/t3-/m0/s1. The molecule has 0 rings (SSSR count). The Labute approximate surface area is 47.2 Å². The third kappa shape index (κ3) is 1.90. The van der Waals surface area contributed by atoms with Crippen molar-refractivity contribution >= 4 is 5.97 Å². The minimum atomic E-state index is -0.639. The number of quaternary nitrogens is 1. The Kier molecular flexibility index (Phi) is 3.14. The molecule has 4 nitrogen and oxygen atoms in total. The second-order valence-corrected chi connectivity index (χ2v) is 1.40. The average molecular weight is 120 g/mol. The SMILES string of the molecule is COC(=O)[C@@H]([NH3+])CO. The maximum absolute atomic E-state index is 10.3. The zero-order valence-corrected chi connectivity index (χ0v) is 4.76.